The lowest BCUT2D eigenvalue weighted by atomic mass is 10.2. The summed E-state index contributed by atoms with van der Waals surface area (Å²) < 4.78 is 10.4. The van der Waals surface area contributed by atoms with Crippen molar-refractivity contribution in [2.75, 3.05) is 25.6 Å². The van der Waals surface area contributed by atoms with E-state index in [1.54, 1.807) is 31.2 Å². The highest BCUT2D eigenvalue weighted by molar-refractivity contribution is 6.30. The van der Waals surface area contributed by atoms with Gasteiger partial charge in [0.25, 0.3) is 5.91 Å². The van der Waals surface area contributed by atoms with Crippen molar-refractivity contribution < 1.29 is 19.1 Å². The van der Waals surface area contributed by atoms with Crippen molar-refractivity contribution in [1.29, 1.82) is 0 Å². The van der Waals surface area contributed by atoms with Gasteiger partial charge < -0.3 is 19.7 Å². The van der Waals surface area contributed by atoms with Gasteiger partial charge in [-0.15, -0.1) is 0 Å². The first-order valence-corrected chi connectivity index (χ1v) is 8.85. The van der Waals surface area contributed by atoms with Gasteiger partial charge in [-0.05, 0) is 48.9 Å². The van der Waals surface area contributed by atoms with Gasteiger partial charge in [0.15, 0.2) is 12.7 Å². The molecule has 0 radical (unpaired) electrons. The van der Waals surface area contributed by atoms with E-state index in [0.29, 0.717) is 17.3 Å². The number of hydrogen-bond acceptors (Lipinski definition) is 5. The summed E-state index contributed by atoms with van der Waals surface area (Å²) in [6.07, 6.45) is -0.836. The smallest absolute Gasteiger partial charge is 0.347 e. The van der Waals surface area contributed by atoms with Gasteiger partial charge >= 0.3 is 5.97 Å². The van der Waals surface area contributed by atoms with E-state index in [1.807, 2.05) is 43.3 Å². The molecule has 2 aromatic carbocycles. The van der Waals surface area contributed by atoms with E-state index in [-0.39, 0.29) is 12.5 Å². The van der Waals surface area contributed by atoms with Gasteiger partial charge in [-0.3, -0.25) is 4.79 Å². The summed E-state index contributed by atoms with van der Waals surface area (Å²) in [5, 5.41) is 3.29. The molecule has 0 fully saturated rings. The van der Waals surface area contributed by atoms with Crippen molar-refractivity contribution in [3.63, 3.8) is 0 Å². The van der Waals surface area contributed by atoms with E-state index < -0.39 is 12.1 Å². The summed E-state index contributed by atoms with van der Waals surface area (Å²) in [5.74, 6) is -0.497. The first-order chi connectivity index (χ1) is 12.8. The molecule has 6 nitrogen and oxygen atoms in total. The average molecular weight is 391 g/mol. The molecule has 1 atom stereocenters. The molecule has 0 saturated heterocycles. The maximum Gasteiger partial charge on any atom is 0.347 e. The zero-order valence-electron chi connectivity index (χ0n) is 15.6. The SMILES string of the molecule is C[C@@H](Oc1ccc(Cl)cc1)C(=O)OCC(=O)NCc1ccc(N(C)C)cc1. The van der Waals surface area contributed by atoms with E-state index in [1.165, 1.54) is 0 Å². The van der Waals surface area contributed by atoms with E-state index >= 15 is 0 Å². The summed E-state index contributed by atoms with van der Waals surface area (Å²) in [6, 6.07) is 14.4. The van der Waals surface area contributed by atoms with Crippen molar-refractivity contribution in [3.8, 4) is 5.75 Å². The topological polar surface area (TPSA) is 67.9 Å². The predicted molar refractivity (Wildman–Crippen MR) is 105 cm³/mol. The van der Waals surface area contributed by atoms with E-state index in [2.05, 4.69) is 5.32 Å². The van der Waals surface area contributed by atoms with Crippen LogP contribution in [0.2, 0.25) is 5.02 Å². The fraction of sp³-hybridized carbons (Fsp3) is 0.300. The van der Waals surface area contributed by atoms with Gasteiger partial charge in [0.05, 0.1) is 0 Å². The lowest BCUT2D eigenvalue weighted by molar-refractivity contribution is -0.154. The van der Waals surface area contributed by atoms with Crippen LogP contribution in [-0.2, 0) is 20.9 Å². The number of amides is 1. The van der Waals surface area contributed by atoms with Gasteiger partial charge in [0.2, 0.25) is 0 Å². The highest BCUT2D eigenvalue weighted by Crippen LogP contribution is 2.17. The lowest BCUT2D eigenvalue weighted by Crippen LogP contribution is -2.32. The highest BCUT2D eigenvalue weighted by Gasteiger charge is 2.17. The van der Waals surface area contributed by atoms with Crippen molar-refractivity contribution in [1.82, 2.24) is 5.32 Å². The fourth-order valence-electron chi connectivity index (χ4n) is 2.18. The normalized spacial score (nSPS) is 11.4. The van der Waals surface area contributed by atoms with Crippen molar-refractivity contribution in [2.24, 2.45) is 0 Å². The third kappa shape index (κ3) is 6.83. The number of nitrogens with zero attached hydrogens (tertiary/aromatic N) is 1. The Kier molecular flexibility index (Phi) is 7.49. The molecule has 27 heavy (non-hydrogen) atoms. The summed E-state index contributed by atoms with van der Waals surface area (Å²) in [5.41, 5.74) is 2.04. The van der Waals surface area contributed by atoms with Crippen molar-refractivity contribution in [3.05, 3.63) is 59.1 Å². The molecule has 144 valence electrons. The third-order valence-electron chi connectivity index (χ3n) is 3.75. The van der Waals surface area contributed by atoms with Gasteiger partial charge in [0.1, 0.15) is 5.75 Å². The van der Waals surface area contributed by atoms with E-state index in [4.69, 9.17) is 21.1 Å². The Labute approximate surface area is 164 Å². The monoisotopic (exact) mass is 390 g/mol. The molecule has 2 rings (SSSR count). The van der Waals surface area contributed by atoms with Crippen LogP contribution >= 0.6 is 11.6 Å². The number of carbonyl (C=O) groups is 2. The molecule has 0 aromatic heterocycles. The Bertz CT molecular complexity index is 761. The number of benzene rings is 2. The Morgan fingerprint density at radius 1 is 1.07 bits per heavy atom. The molecule has 0 bridgehead atoms. The molecular weight excluding hydrogens is 368 g/mol. The number of rotatable bonds is 8. The number of esters is 1. The number of halogens is 1. The molecule has 1 N–H and O–H groups in total. The largest absolute Gasteiger partial charge is 0.479 e. The number of nitrogens with one attached hydrogen (secondary N) is 1. The Balaban J connectivity index is 1.72. The Morgan fingerprint density at radius 2 is 1.70 bits per heavy atom. The zero-order valence-corrected chi connectivity index (χ0v) is 16.3. The summed E-state index contributed by atoms with van der Waals surface area (Å²) in [7, 11) is 3.92. The second kappa shape index (κ2) is 9.83. The number of anilines is 1. The second-order valence-electron chi connectivity index (χ2n) is 6.16. The second-order valence-corrected chi connectivity index (χ2v) is 6.60. The molecule has 0 unspecified atom stereocenters. The minimum Gasteiger partial charge on any atom is -0.479 e. The molecule has 1 amide bonds. The van der Waals surface area contributed by atoms with E-state index in [0.717, 1.165) is 11.3 Å². The van der Waals surface area contributed by atoms with Gasteiger partial charge in [-0.25, -0.2) is 4.79 Å². The Morgan fingerprint density at radius 3 is 2.30 bits per heavy atom. The number of hydrogen-bond donors (Lipinski definition) is 1. The highest BCUT2D eigenvalue weighted by atomic mass is 35.5. The van der Waals surface area contributed by atoms with E-state index in [9.17, 15) is 9.59 Å². The molecule has 0 saturated carbocycles. The fourth-order valence-corrected chi connectivity index (χ4v) is 2.31. The van der Waals surface area contributed by atoms with Crippen LogP contribution in [0.4, 0.5) is 5.69 Å². The first kappa shape index (κ1) is 20.6. The van der Waals surface area contributed by atoms with Gasteiger partial charge in [-0.2, -0.15) is 0 Å². The predicted octanol–water partition coefficient (Wildman–Crippen LogP) is 3.03. The minimum atomic E-state index is -0.836. The Hall–Kier alpha value is -2.73. The molecule has 0 spiro atoms. The first-order valence-electron chi connectivity index (χ1n) is 8.47. The van der Waals surface area contributed by atoms with Crippen LogP contribution in [0.15, 0.2) is 48.5 Å². The maximum atomic E-state index is 11.9. The van der Waals surface area contributed by atoms with Crippen molar-refractivity contribution >= 4 is 29.2 Å². The molecule has 0 aliphatic rings. The molecule has 2 aromatic rings. The molecule has 7 heteroatoms. The number of carbonyl (C=O) groups excluding carboxylic acids is 2. The van der Waals surface area contributed by atoms with Crippen LogP contribution in [0, 0.1) is 0 Å². The van der Waals surface area contributed by atoms with Crippen LogP contribution in [0.5, 0.6) is 5.75 Å². The third-order valence-corrected chi connectivity index (χ3v) is 4.00. The average Bonchev–Trinajstić information content (AvgIpc) is 2.66. The van der Waals surface area contributed by atoms with Crippen LogP contribution in [0.3, 0.4) is 0 Å². The van der Waals surface area contributed by atoms with Gasteiger partial charge in [0, 0.05) is 31.4 Å². The standard InChI is InChI=1S/C20H23ClN2O4/c1-14(27-18-10-6-16(21)7-11-18)20(25)26-13-19(24)22-12-15-4-8-17(9-5-15)23(2)3/h4-11,14H,12-13H2,1-3H3,(H,22,24)/t14-/m1/s1. The summed E-state index contributed by atoms with van der Waals surface area (Å²) >= 11 is 5.80. The molecule has 0 aliphatic heterocycles. The molecule has 0 aliphatic carbocycles. The van der Waals surface area contributed by atoms with Crippen LogP contribution < -0.4 is 15.0 Å². The zero-order chi connectivity index (χ0) is 19.8. The summed E-state index contributed by atoms with van der Waals surface area (Å²) in [6.45, 7) is 1.56. The molecular formula is C20H23ClN2O4. The molecule has 0 heterocycles. The number of ether oxygens (including phenoxy) is 2. The van der Waals surface area contributed by atoms with Gasteiger partial charge in [-0.1, -0.05) is 23.7 Å². The minimum absolute atomic E-state index is 0.358. The van der Waals surface area contributed by atoms with Crippen LogP contribution in [0.1, 0.15) is 12.5 Å². The summed E-state index contributed by atoms with van der Waals surface area (Å²) in [4.78, 5) is 25.8. The maximum absolute atomic E-state index is 11.9. The lowest BCUT2D eigenvalue weighted by Gasteiger charge is -2.14. The van der Waals surface area contributed by atoms with Crippen molar-refractivity contribution in [2.45, 2.75) is 19.6 Å². The quantitative estimate of drug-likeness (QED) is 0.702. The van der Waals surface area contributed by atoms with Crippen LogP contribution in [0.25, 0.3) is 0 Å². The van der Waals surface area contributed by atoms with Crippen LogP contribution in [-0.4, -0.2) is 38.7 Å².